The van der Waals surface area contributed by atoms with E-state index in [0.717, 1.165) is 24.4 Å². The molecule has 0 saturated carbocycles. The molecular formula is C23H37N7O4. The molecule has 2 atom stereocenters. The van der Waals surface area contributed by atoms with Crippen LogP contribution < -0.4 is 16.1 Å². The standard InChI is InChI=1S/C23H37N7O4/c1-27(2)14-15-28(3)20-19-18(11-12-24-20)29(23(32)34-5)30(25-13-16-33-4)21(19)26-22(31)17-9-7-6-8-10-17/h6-10,20-21,24-25H,11-16H2,1-5H3,(H,26,31). The number of nitrogens with zero attached hydrogens (tertiary/aromatic N) is 4. The van der Waals surface area contributed by atoms with Crippen LogP contribution in [-0.4, -0.2) is 112 Å². The number of rotatable bonds is 10. The normalized spacial score (nSPS) is 20.7. The van der Waals surface area contributed by atoms with E-state index in [4.69, 9.17) is 9.47 Å². The second kappa shape index (κ2) is 12.2. The van der Waals surface area contributed by atoms with Crippen LogP contribution in [0.15, 0.2) is 41.6 Å². The van der Waals surface area contributed by atoms with Crippen molar-refractivity contribution in [3.8, 4) is 0 Å². The lowest BCUT2D eigenvalue weighted by molar-refractivity contribution is -0.0472. The molecule has 0 aliphatic carbocycles. The topological polar surface area (TPSA) is 102 Å². The van der Waals surface area contributed by atoms with Crippen molar-refractivity contribution in [1.29, 1.82) is 0 Å². The summed E-state index contributed by atoms with van der Waals surface area (Å²) < 4.78 is 10.3. The van der Waals surface area contributed by atoms with Crippen molar-refractivity contribution in [2.45, 2.75) is 18.8 Å². The van der Waals surface area contributed by atoms with Crippen LogP contribution in [-0.2, 0) is 9.47 Å². The Labute approximate surface area is 201 Å². The third-order valence-electron chi connectivity index (χ3n) is 5.91. The van der Waals surface area contributed by atoms with Gasteiger partial charge in [-0.3, -0.25) is 15.0 Å². The van der Waals surface area contributed by atoms with Crippen LogP contribution in [0, 0.1) is 0 Å². The number of likely N-dealkylation sites (N-methyl/N-ethyl adjacent to an activating group) is 2. The Morgan fingerprint density at radius 2 is 1.88 bits per heavy atom. The van der Waals surface area contributed by atoms with Crippen LogP contribution in [0.3, 0.4) is 0 Å². The van der Waals surface area contributed by atoms with Gasteiger partial charge in [0.25, 0.3) is 5.91 Å². The zero-order chi connectivity index (χ0) is 24.7. The van der Waals surface area contributed by atoms with Gasteiger partial charge in [-0.2, -0.15) is 5.01 Å². The van der Waals surface area contributed by atoms with E-state index >= 15 is 0 Å². The summed E-state index contributed by atoms with van der Waals surface area (Å²) in [5.74, 6) is -0.233. The Bertz CT molecular complexity index is 864. The number of amides is 2. The smallest absolute Gasteiger partial charge is 0.429 e. The Hall–Kier alpha value is -2.54. The van der Waals surface area contributed by atoms with Gasteiger partial charge < -0.3 is 19.7 Å². The lowest BCUT2D eigenvalue weighted by Gasteiger charge is -2.36. The van der Waals surface area contributed by atoms with Crippen LogP contribution in [0.5, 0.6) is 0 Å². The highest BCUT2D eigenvalue weighted by Gasteiger charge is 2.48. The first-order valence-corrected chi connectivity index (χ1v) is 11.5. The van der Waals surface area contributed by atoms with Gasteiger partial charge in [0, 0.05) is 50.8 Å². The molecule has 0 spiro atoms. The molecule has 2 aliphatic rings. The molecule has 0 bridgehead atoms. The molecule has 0 radical (unpaired) electrons. The number of carbonyl (C=O) groups is 2. The van der Waals surface area contributed by atoms with Crippen LogP contribution in [0.25, 0.3) is 0 Å². The number of carbonyl (C=O) groups excluding carboxylic acids is 2. The van der Waals surface area contributed by atoms with E-state index in [1.807, 2.05) is 39.3 Å². The maximum absolute atomic E-state index is 13.2. The number of ether oxygens (including phenoxy) is 2. The highest BCUT2D eigenvalue weighted by Crippen LogP contribution is 2.35. The number of methoxy groups -OCH3 is 2. The van der Waals surface area contributed by atoms with Crippen molar-refractivity contribution in [2.24, 2.45) is 0 Å². The van der Waals surface area contributed by atoms with E-state index in [9.17, 15) is 9.59 Å². The van der Waals surface area contributed by atoms with E-state index in [0.29, 0.717) is 31.7 Å². The van der Waals surface area contributed by atoms with Crippen molar-refractivity contribution in [3.05, 3.63) is 47.2 Å². The van der Waals surface area contributed by atoms with E-state index < -0.39 is 12.3 Å². The molecular weight excluding hydrogens is 438 g/mol. The summed E-state index contributed by atoms with van der Waals surface area (Å²) >= 11 is 0. The molecule has 34 heavy (non-hydrogen) atoms. The Morgan fingerprint density at radius 1 is 1.15 bits per heavy atom. The van der Waals surface area contributed by atoms with Gasteiger partial charge in [0.15, 0.2) is 0 Å². The molecule has 1 aromatic rings. The SMILES string of the molecule is COCCNN1C(NC(=O)c2ccccc2)C2=C(CCNC2N(C)CCN(C)C)N1C(=O)OC. The number of benzene rings is 1. The van der Waals surface area contributed by atoms with E-state index in [-0.39, 0.29) is 12.1 Å². The zero-order valence-corrected chi connectivity index (χ0v) is 20.7. The lowest BCUT2D eigenvalue weighted by Crippen LogP contribution is -2.61. The highest BCUT2D eigenvalue weighted by molar-refractivity contribution is 5.94. The predicted octanol–water partition coefficient (Wildman–Crippen LogP) is 0.259. The Balaban J connectivity index is 1.98. The number of hydrogen-bond acceptors (Lipinski definition) is 9. The first-order valence-electron chi connectivity index (χ1n) is 11.5. The van der Waals surface area contributed by atoms with Gasteiger partial charge in [-0.1, -0.05) is 18.2 Å². The summed E-state index contributed by atoms with van der Waals surface area (Å²) in [4.78, 5) is 30.4. The number of hydrazine groups is 2. The van der Waals surface area contributed by atoms with E-state index in [1.54, 1.807) is 24.4 Å². The molecule has 0 aromatic heterocycles. The predicted molar refractivity (Wildman–Crippen MR) is 128 cm³/mol. The summed E-state index contributed by atoms with van der Waals surface area (Å²) in [5, 5.41) is 9.84. The molecule has 0 fully saturated rings. The van der Waals surface area contributed by atoms with Gasteiger partial charge in [0.05, 0.1) is 25.6 Å². The molecule has 3 rings (SSSR count). The molecule has 0 saturated heterocycles. The van der Waals surface area contributed by atoms with Crippen LogP contribution in [0.4, 0.5) is 4.79 Å². The third kappa shape index (κ3) is 5.93. The second-order valence-electron chi connectivity index (χ2n) is 8.56. The minimum atomic E-state index is -0.613. The fourth-order valence-electron chi connectivity index (χ4n) is 4.18. The van der Waals surface area contributed by atoms with Gasteiger partial charge in [-0.25, -0.2) is 10.2 Å². The van der Waals surface area contributed by atoms with Crippen molar-refractivity contribution in [1.82, 2.24) is 36.0 Å². The van der Waals surface area contributed by atoms with Crippen molar-refractivity contribution < 1.29 is 19.1 Å². The van der Waals surface area contributed by atoms with Gasteiger partial charge in [-0.05, 0) is 33.3 Å². The summed E-state index contributed by atoms with van der Waals surface area (Å²) in [6, 6.07) is 9.04. The molecule has 2 unspecified atom stereocenters. The molecule has 2 amide bonds. The monoisotopic (exact) mass is 475 g/mol. The largest absolute Gasteiger partial charge is 0.452 e. The van der Waals surface area contributed by atoms with E-state index in [2.05, 4.69) is 25.9 Å². The molecule has 11 nitrogen and oxygen atoms in total. The lowest BCUT2D eigenvalue weighted by atomic mass is 10.0. The molecule has 3 N–H and O–H groups in total. The zero-order valence-electron chi connectivity index (χ0n) is 20.7. The van der Waals surface area contributed by atoms with Crippen LogP contribution in [0.2, 0.25) is 0 Å². The molecule has 2 heterocycles. The van der Waals surface area contributed by atoms with Gasteiger partial charge in [0.1, 0.15) is 6.17 Å². The van der Waals surface area contributed by atoms with E-state index in [1.165, 1.54) is 12.1 Å². The van der Waals surface area contributed by atoms with Gasteiger partial charge in [0.2, 0.25) is 0 Å². The van der Waals surface area contributed by atoms with Crippen LogP contribution >= 0.6 is 0 Å². The maximum atomic E-state index is 13.2. The quantitative estimate of drug-likeness (QED) is 0.411. The van der Waals surface area contributed by atoms with Crippen molar-refractivity contribution in [3.63, 3.8) is 0 Å². The summed E-state index contributed by atoms with van der Waals surface area (Å²) in [5.41, 5.74) is 5.51. The number of nitrogens with one attached hydrogen (secondary N) is 3. The Kier molecular flexibility index (Phi) is 9.39. The fourth-order valence-corrected chi connectivity index (χ4v) is 4.18. The summed E-state index contributed by atoms with van der Waals surface area (Å²) in [6.07, 6.45) is -0.697. The highest BCUT2D eigenvalue weighted by atomic mass is 16.5. The van der Waals surface area contributed by atoms with Crippen LogP contribution in [0.1, 0.15) is 16.8 Å². The second-order valence-corrected chi connectivity index (χ2v) is 8.56. The summed E-state index contributed by atoms with van der Waals surface area (Å²) in [6.45, 7) is 3.23. The first kappa shape index (κ1) is 26.1. The minimum absolute atomic E-state index is 0.175. The molecule has 2 aliphatic heterocycles. The average molecular weight is 476 g/mol. The maximum Gasteiger partial charge on any atom is 0.429 e. The fraction of sp³-hybridized carbons (Fsp3) is 0.565. The Morgan fingerprint density at radius 3 is 2.53 bits per heavy atom. The molecule has 11 heteroatoms. The average Bonchev–Trinajstić information content (AvgIpc) is 3.15. The molecule has 188 valence electrons. The molecule has 1 aromatic carbocycles. The van der Waals surface area contributed by atoms with Gasteiger partial charge in [-0.15, -0.1) is 5.12 Å². The minimum Gasteiger partial charge on any atom is -0.452 e. The van der Waals surface area contributed by atoms with Crippen molar-refractivity contribution in [2.75, 3.05) is 68.1 Å². The first-order chi connectivity index (χ1) is 16.4. The summed E-state index contributed by atoms with van der Waals surface area (Å²) in [7, 11) is 9.07. The number of hydrogen-bond donors (Lipinski definition) is 3. The third-order valence-corrected chi connectivity index (χ3v) is 5.91. The van der Waals surface area contributed by atoms with Gasteiger partial charge >= 0.3 is 6.09 Å². The van der Waals surface area contributed by atoms with Crippen molar-refractivity contribution >= 4 is 12.0 Å².